The standard InChI is InChI=1S/C14H28/c1-8-10-13(6)14(7,11(3)4)12(5)9-2/h8,11-13H,1,9-10H2,2-7H3. The molecule has 0 nitrogen and oxygen atoms in total. The van der Waals surface area contributed by atoms with E-state index >= 15 is 0 Å². The Kier molecular flexibility index (Phi) is 5.48. The second kappa shape index (κ2) is 5.58. The van der Waals surface area contributed by atoms with E-state index in [2.05, 4.69) is 54.2 Å². The SMILES string of the molecule is C=CCC(C)C(C)(C(C)C)C(C)CC. The second-order valence-corrected chi connectivity index (χ2v) is 5.26. The van der Waals surface area contributed by atoms with Crippen LogP contribution in [0.5, 0.6) is 0 Å². The molecule has 0 spiro atoms. The van der Waals surface area contributed by atoms with Crippen LogP contribution in [0.3, 0.4) is 0 Å². The lowest BCUT2D eigenvalue weighted by atomic mass is 9.61. The summed E-state index contributed by atoms with van der Waals surface area (Å²) < 4.78 is 0. The Balaban J connectivity index is 4.78. The summed E-state index contributed by atoms with van der Waals surface area (Å²) in [6.07, 6.45) is 4.48. The van der Waals surface area contributed by atoms with E-state index in [9.17, 15) is 0 Å². The van der Waals surface area contributed by atoms with Crippen LogP contribution in [0.1, 0.15) is 54.4 Å². The fourth-order valence-electron chi connectivity index (χ4n) is 2.57. The van der Waals surface area contributed by atoms with Gasteiger partial charge in [-0.15, -0.1) is 6.58 Å². The van der Waals surface area contributed by atoms with Crippen LogP contribution in [0.15, 0.2) is 12.7 Å². The molecule has 84 valence electrons. The lowest BCUT2D eigenvalue weighted by Gasteiger charge is -2.44. The highest BCUT2D eigenvalue weighted by Gasteiger charge is 2.37. The van der Waals surface area contributed by atoms with Crippen molar-refractivity contribution < 1.29 is 0 Å². The van der Waals surface area contributed by atoms with Crippen molar-refractivity contribution in [2.45, 2.75) is 54.4 Å². The Labute approximate surface area is 90.8 Å². The Bertz CT molecular complexity index is 169. The van der Waals surface area contributed by atoms with Crippen LogP contribution >= 0.6 is 0 Å². The molecule has 0 bridgehead atoms. The minimum atomic E-state index is 0.447. The van der Waals surface area contributed by atoms with E-state index in [1.54, 1.807) is 0 Å². The zero-order valence-electron chi connectivity index (χ0n) is 10.9. The minimum absolute atomic E-state index is 0.447. The largest absolute Gasteiger partial charge is 0.103 e. The van der Waals surface area contributed by atoms with Crippen molar-refractivity contribution in [3.05, 3.63) is 12.7 Å². The molecular formula is C14H28. The molecule has 0 saturated carbocycles. The van der Waals surface area contributed by atoms with Crippen molar-refractivity contribution in [2.75, 3.05) is 0 Å². The van der Waals surface area contributed by atoms with Crippen LogP contribution in [0.25, 0.3) is 0 Å². The Morgan fingerprint density at radius 2 is 1.64 bits per heavy atom. The number of allylic oxidation sites excluding steroid dienone is 1. The summed E-state index contributed by atoms with van der Waals surface area (Å²) in [5.41, 5.74) is 0.447. The Morgan fingerprint density at radius 3 is 1.93 bits per heavy atom. The van der Waals surface area contributed by atoms with Crippen LogP contribution in [-0.4, -0.2) is 0 Å². The zero-order valence-corrected chi connectivity index (χ0v) is 10.9. The molecule has 0 rings (SSSR count). The van der Waals surface area contributed by atoms with Gasteiger partial charge in [0.05, 0.1) is 0 Å². The quantitative estimate of drug-likeness (QED) is 0.530. The van der Waals surface area contributed by atoms with Crippen LogP contribution in [-0.2, 0) is 0 Å². The predicted octanol–water partition coefficient (Wildman–Crippen LogP) is 4.91. The van der Waals surface area contributed by atoms with Gasteiger partial charge in [-0.05, 0) is 29.6 Å². The molecule has 0 aliphatic rings. The maximum Gasteiger partial charge on any atom is -0.0249 e. The van der Waals surface area contributed by atoms with Gasteiger partial charge >= 0.3 is 0 Å². The molecule has 0 fully saturated rings. The summed E-state index contributed by atoms with van der Waals surface area (Å²) in [5, 5.41) is 0. The first-order chi connectivity index (χ1) is 6.41. The van der Waals surface area contributed by atoms with Crippen molar-refractivity contribution >= 4 is 0 Å². The first-order valence-electron chi connectivity index (χ1n) is 6.02. The topological polar surface area (TPSA) is 0 Å². The Morgan fingerprint density at radius 1 is 1.14 bits per heavy atom. The van der Waals surface area contributed by atoms with Gasteiger partial charge in [0, 0.05) is 0 Å². The molecule has 0 aliphatic heterocycles. The van der Waals surface area contributed by atoms with Gasteiger partial charge in [-0.1, -0.05) is 54.0 Å². The zero-order chi connectivity index (χ0) is 11.4. The number of hydrogen-bond acceptors (Lipinski definition) is 0. The van der Waals surface area contributed by atoms with E-state index in [-0.39, 0.29) is 0 Å². The predicted molar refractivity (Wildman–Crippen MR) is 66.4 cm³/mol. The molecule has 0 aromatic carbocycles. The van der Waals surface area contributed by atoms with Crippen molar-refractivity contribution in [3.63, 3.8) is 0 Å². The Hall–Kier alpha value is -0.260. The third-order valence-corrected chi connectivity index (χ3v) is 4.50. The van der Waals surface area contributed by atoms with Gasteiger partial charge in [0.25, 0.3) is 0 Å². The van der Waals surface area contributed by atoms with Crippen LogP contribution in [0.4, 0.5) is 0 Å². The summed E-state index contributed by atoms with van der Waals surface area (Å²) in [7, 11) is 0. The van der Waals surface area contributed by atoms with Gasteiger partial charge in [0.2, 0.25) is 0 Å². The van der Waals surface area contributed by atoms with Gasteiger partial charge in [-0.25, -0.2) is 0 Å². The van der Waals surface area contributed by atoms with Gasteiger partial charge in [-0.3, -0.25) is 0 Å². The summed E-state index contributed by atoms with van der Waals surface area (Å²) in [6.45, 7) is 18.1. The van der Waals surface area contributed by atoms with Crippen LogP contribution < -0.4 is 0 Å². The van der Waals surface area contributed by atoms with Gasteiger partial charge in [0.15, 0.2) is 0 Å². The molecule has 0 radical (unpaired) electrons. The highest BCUT2D eigenvalue weighted by atomic mass is 14.4. The third-order valence-electron chi connectivity index (χ3n) is 4.50. The third kappa shape index (κ3) is 2.62. The molecule has 0 aliphatic carbocycles. The maximum atomic E-state index is 3.86. The second-order valence-electron chi connectivity index (χ2n) is 5.26. The molecule has 0 saturated heterocycles. The average molecular weight is 196 g/mol. The monoisotopic (exact) mass is 196 g/mol. The van der Waals surface area contributed by atoms with E-state index in [1.807, 2.05) is 0 Å². The maximum absolute atomic E-state index is 3.86. The van der Waals surface area contributed by atoms with Crippen molar-refractivity contribution in [3.8, 4) is 0 Å². The molecule has 0 N–H and O–H groups in total. The fraction of sp³-hybridized carbons (Fsp3) is 0.857. The summed E-state index contributed by atoms with van der Waals surface area (Å²) in [4.78, 5) is 0. The smallest absolute Gasteiger partial charge is 0.0249 e. The number of rotatable bonds is 6. The highest BCUT2D eigenvalue weighted by molar-refractivity contribution is 4.89. The molecule has 3 atom stereocenters. The molecule has 0 aromatic rings. The van der Waals surface area contributed by atoms with Crippen molar-refractivity contribution in [1.29, 1.82) is 0 Å². The van der Waals surface area contributed by atoms with Crippen LogP contribution in [0.2, 0.25) is 0 Å². The first-order valence-corrected chi connectivity index (χ1v) is 6.02. The summed E-state index contributed by atoms with van der Waals surface area (Å²) in [5.74, 6) is 2.26. The highest BCUT2D eigenvalue weighted by Crippen LogP contribution is 2.45. The van der Waals surface area contributed by atoms with Gasteiger partial charge < -0.3 is 0 Å². The fourth-order valence-corrected chi connectivity index (χ4v) is 2.57. The normalized spacial score (nSPS) is 20.2. The van der Waals surface area contributed by atoms with Gasteiger partial charge in [-0.2, -0.15) is 0 Å². The molecule has 0 amide bonds. The molecule has 14 heavy (non-hydrogen) atoms. The van der Waals surface area contributed by atoms with E-state index in [1.165, 1.54) is 6.42 Å². The molecular weight excluding hydrogens is 168 g/mol. The summed E-state index contributed by atoms with van der Waals surface area (Å²) in [6, 6.07) is 0. The van der Waals surface area contributed by atoms with Gasteiger partial charge in [0.1, 0.15) is 0 Å². The minimum Gasteiger partial charge on any atom is -0.103 e. The lowest BCUT2D eigenvalue weighted by molar-refractivity contribution is 0.0523. The van der Waals surface area contributed by atoms with E-state index in [4.69, 9.17) is 0 Å². The molecule has 0 aromatic heterocycles. The van der Waals surface area contributed by atoms with E-state index < -0.39 is 0 Å². The van der Waals surface area contributed by atoms with Crippen LogP contribution in [0, 0.1) is 23.2 Å². The van der Waals surface area contributed by atoms with Crippen molar-refractivity contribution in [2.24, 2.45) is 23.2 Å². The number of hydrogen-bond donors (Lipinski definition) is 0. The lowest BCUT2D eigenvalue weighted by Crippen LogP contribution is -2.37. The first kappa shape index (κ1) is 13.7. The molecule has 0 heterocycles. The van der Waals surface area contributed by atoms with Crippen molar-refractivity contribution in [1.82, 2.24) is 0 Å². The molecule has 0 heteroatoms. The van der Waals surface area contributed by atoms with E-state index in [0.717, 1.165) is 24.2 Å². The van der Waals surface area contributed by atoms with E-state index in [0.29, 0.717) is 5.41 Å². The molecule has 3 unspecified atom stereocenters. The summed E-state index contributed by atoms with van der Waals surface area (Å²) >= 11 is 0. The average Bonchev–Trinajstić information content (AvgIpc) is 2.15.